The van der Waals surface area contributed by atoms with E-state index in [4.69, 9.17) is 10.2 Å². The number of hydrogen-bond acceptors (Lipinski definition) is 7. The summed E-state index contributed by atoms with van der Waals surface area (Å²) in [5, 5.41) is -0.430. The Bertz CT molecular complexity index is 952. The van der Waals surface area contributed by atoms with Gasteiger partial charge in [0.1, 0.15) is 5.69 Å². The molecule has 0 saturated carbocycles. The predicted octanol–water partition coefficient (Wildman–Crippen LogP) is 0.698. The fourth-order valence-corrected chi connectivity index (χ4v) is 3.84. The van der Waals surface area contributed by atoms with E-state index in [9.17, 15) is 26.4 Å². The van der Waals surface area contributed by atoms with Crippen LogP contribution >= 0.6 is 0 Å². The molecule has 3 heterocycles. The molecule has 1 saturated heterocycles. The summed E-state index contributed by atoms with van der Waals surface area (Å²) in [6.07, 6.45) is -3.59. The molecule has 2 aromatic heterocycles. The van der Waals surface area contributed by atoms with E-state index < -0.39 is 32.9 Å². The van der Waals surface area contributed by atoms with Crippen molar-refractivity contribution in [1.82, 2.24) is 14.3 Å². The van der Waals surface area contributed by atoms with E-state index in [0.29, 0.717) is 0 Å². The Balaban J connectivity index is 1.72. The SMILES string of the molecule is NC(=O)c1ccc(S(=O)(=O)N2CCN(c3nccc(C(F)(F)F)n3)CC2)o1. The monoisotopic (exact) mass is 405 g/mol. The quantitative estimate of drug-likeness (QED) is 0.794. The number of sulfonamides is 1. The van der Waals surface area contributed by atoms with Gasteiger partial charge in [0.25, 0.3) is 15.9 Å². The van der Waals surface area contributed by atoms with Gasteiger partial charge in [0.05, 0.1) is 0 Å². The van der Waals surface area contributed by atoms with Crippen molar-refractivity contribution in [3.05, 3.63) is 35.9 Å². The number of anilines is 1. The minimum absolute atomic E-state index is 0.0193. The Morgan fingerprint density at radius 1 is 1.15 bits per heavy atom. The molecule has 0 unspecified atom stereocenters. The van der Waals surface area contributed by atoms with Crippen LogP contribution in [0, 0.1) is 0 Å². The molecule has 0 spiro atoms. The summed E-state index contributed by atoms with van der Waals surface area (Å²) in [7, 11) is -4.00. The first kappa shape index (κ1) is 19.1. The average Bonchev–Trinajstić information content (AvgIpc) is 3.12. The van der Waals surface area contributed by atoms with Gasteiger partial charge in [-0.05, 0) is 18.2 Å². The van der Waals surface area contributed by atoms with Crippen molar-refractivity contribution in [2.75, 3.05) is 31.1 Å². The summed E-state index contributed by atoms with van der Waals surface area (Å²) in [5.74, 6) is -1.32. The number of carbonyl (C=O) groups is 1. The Morgan fingerprint density at radius 3 is 2.37 bits per heavy atom. The second kappa shape index (κ2) is 6.81. The fourth-order valence-electron chi connectivity index (χ4n) is 2.51. The first-order chi connectivity index (χ1) is 12.6. The zero-order valence-electron chi connectivity index (χ0n) is 13.7. The van der Waals surface area contributed by atoms with Gasteiger partial charge in [-0.2, -0.15) is 17.5 Å². The lowest BCUT2D eigenvalue weighted by Crippen LogP contribution is -2.49. The summed E-state index contributed by atoms with van der Waals surface area (Å²) in [5.41, 5.74) is 3.96. The van der Waals surface area contributed by atoms with Crippen LogP contribution in [0.4, 0.5) is 19.1 Å². The molecule has 0 aromatic carbocycles. The Labute approximate surface area is 151 Å². The number of nitrogens with two attached hydrogens (primary N) is 1. The van der Waals surface area contributed by atoms with Crippen molar-refractivity contribution >= 4 is 21.9 Å². The third-order valence-electron chi connectivity index (χ3n) is 3.87. The van der Waals surface area contributed by atoms with Gasteiger partial charge < -0.3 is 15.1 Å². The summed E-state index contributed by atoms with van der Waals surface area (Å²) in [6.45, 7) is 0.136. The zero-order chi connectivity index (χ0) is 19.8. The zero-order valence-corrected chi connectivity index (χ0v) is 14.5. The molecule has 1 aliphatic rings. The fraction of sp³-hybridized carbons (Fsp3) is 0.357. The van der Waals surface area contributed by atoms with Crippen LogP contribution in [0.1, 0.15) is 16.2 Å². The average molecular weight is 405 g/mol. The maximum absolute atomic E-state index is 12.8. The molecule has 2 aromatic rings. The molecular weight excluding hydrogens is 391 g/mol. The summed E-state index contributed by atoms with van der Waals surface area (Å²) in [6, 6.07) is 3.04. The third kappa shape index (κ3) is 3.88. The van der Waals surface area contributed by atoms with Gasteiger partial charge >= 0.3 is 6.18 Å². The Morgan fingerprint density at radius 2 is 1.81 bits per heavy atom. The van der Waals surface area contributed by atoms with Crippen molar-refractivity contribution in [3.63, 3.8) is 0 Å². The van der Waals surface area contributed by atoms with Gasteiger partial charge in [-0.15, -0.1) is 0 Å². The number of amides is 1. The van der Waals surface area contributed by atoms with E-state index in [-0.39, 0.29) is 37.9 Å². The minimum Gasteiger partial charge on any atom is -0.438 e. The summed E-state index contributed by atoms with van der Waals surface area (Å²) in [4.78, 5) is 19.8. The van der Waals surface area contributed by atoms with Gasteiger partial charge in [0.2, 0.25) is 11.0 Å². The van der Waals surface area contributed by atoms with Crippen LogP contribution in [0.5, 0.6) is 0 Å². The summed E-state index contributed by atoms with van der Waals surface area (Å²) >= 11 is 0. The lowest BCUT2D eigenvalue weighted by Gasteiger charge is -2.33. The second-order valence-electron chi connectivity index (χ2n) is 5.61. The molecule has 1 amide bonds. The molecule has 2 N–H and O–H groups in total. The van der Waals surface area contributed by atoms with Crippen LogP contribution in [-0.4, -0.2) is 54.8 Å². The van der Waals surface area contributed by atoms with Crippen LogP contribution in [-0.2, 0) is 16.2 Å². The van der Waals surface area contributed by atoms with E-state index in [2.05, 4.69) is 9.97 Å². The van der Waals surface area contributed by atoms with E-state index in [1.165, 1.54) is 4.90 Å². The molecular formula is C14H14F3N5O4S. The largest absolute Gasteiger partial charge is 0.438 e. The van der Waals surface area contributed by atoms with E-state index in [0.717, 1.165) is 28.7 Å². The first-order valence-corrected chi connectivity index (χ1v) is 9.08. The molecule has 0 bridgehead atoms. The third-order valence-corrected chi connectivity index (χ3v) is 5.65. The summed E-state index contributed by atoms with van der Waals surface area (Å²) < 4.78 is 69.4. The van der Waals surface area contributed by atoms with Crippen LogP contribution < -0.4 is 10.6 Å². The number of halogens is 3. The Hall–Kier alpha value is -2.67. The molecule has 146 valence electrons. The lowest BCUT2D eigenvalue weighted by molar-refractivity contribution is -0.141. The number of nitrogens with zero attached hydrogens (tertiary/aromatic N) is 4. The molecule has 1 fully saturated rings. The van der Waals surface area contributed by atoms with Crippen molar-refractivity contribution < 1.29 is 30.8 Å². The molecule has 0 radical (unpaired) electrons. The van der Waals surface area contributed by atoms with E-state index in [1.807, 2.05) is 0 Å². The number of furan rings is 1. The number of rotatable bonds is 4. The van der Waals surface area contributed by atoms with Crippen LogP contribution in [0.2, 0.25) is 0 Å². The predicted molar refractivity (Wildman–Crippen MR) is 85.2 cm³/mol. The maximum atomic E-state index is 12.8. The number of primary amides is 1. The van der Waals surface area contributed by atoms with Crippen LogP contribution in [0.25, 0.3) is 0 Å². The molecule has 13 heteroatoms. The number of hydrogen-bond donors (Lipinski definition) is 1. The Kier molecular flexibility index (Phi) is 4.82. The second-order valence-corrected chi connectivity index (χ2v) is 7.48. The van der Waals surface area contributed by atoms with Gasteiger partial charge in [0.15, 0.2) is 5.76 Å². The highest BCUT2D eigenvalue weighted by molar-refractivity contribution is 7.89. The highest BCUT2D eigenvalue weighted by atomic mass is 32.2. The molecule has 3 rings (SSSR count). The normalized spacial score (nSPS) is 16.5. The first-order valence-electron chi connectivity index (χ1n) is 7.64. The lowest BCUT2D eigenvalue weighted by atomic mass is 10.3. The molecule has 27 heavy (non-hydrogen) atoms. The van der Waals surface area contributed by atoms with Crippen LogP contribution in [0.3, 0.4) is 0 Å². The van der Waals surface area contributed by atoms with Crippen molar-refractivity contribution in [2.45, 2.75) is 11.3 Å². The van der Waals surface area contributed by atoms with Gasteiger partial charge in [-0.25, -0.2) is 18.4 Å². The van der Waals surface area contributed by atoms with E-state index in [1.54, 1.807) is 0 Å². The van der Waals surface area contributed by atoms with Crippen molar-refractivity contribution in [2.24, 2.45) is 5.73 Å². The molecule has 0 atom stereocenters. The maximum Gasteiger partial charge on any atom is 0.433 e. The van der Waals surface area contributed by atoms with Crippen molar-refractivity contribution in [3.8, 4) is 0 Å². The smallest absolute Gasteiger partial charge is 0.433 e. The van der Waals surface area contributed by atoms with Crippen LogP contribution in [0.15, 0.2) is 33.9 Å². The number of alkyl halides is 3. The molecule has 1 aliphatic heterocycles. The van der Waals surface area contributed by atoms with Gasteiger partial charge in [-0.3, -0.25) is 4.79 Å². The van der Waals surface area contributed by atoms with E-state index >= 15 is 0 Å². The minimum atomic E-state index is -4.60. The van der Waals surface area contributed by atoms with Gasteiger partial charge in [-0.1, -0.05) is 0 Å². The highest BCUT2D eigenvalue weighted by Crippen LogP contribution is 2.28. The number of aromatic nitrogens is 2. The van der Waals surface area contributed by atoms with Gasteiger partial charge in [0, 0.05) is 32.4 Å². The standard InChI is InChI=1S/C14H14F3N5O4S/c15-14(16,17)10-3-4-19-13(20-10)21-5-7-22(8-6-21)27(24,25)11-2-1-9(26-11)12(18)23/h1-4H,5-8H2,(H2,18,23). The molecule has 9 nitrogen and oxygen atoms in total. The number of piperazine rings is 1. The van der Waals surface area contributed by atoms with Crippen molar-refractivity contribution in [1.29, 1.82) is 0 Å². The topological polar surface area (TPSA) is 123 Å². The molecule has 0 aliphatic carbocycles. The number of carbonyl (C=O) groups excluding carboxylic acids is 1. The highest BCUT2D eigenvalue weighted by Gasteiger charge is 2.35.